The summed E-state index contributed by atoms with van der Waals surface area (Å²) in [5.74, 6) is 0. The van der Waals surface area contributed by atoms with Gasteiger partial charge in [0.1, 0.15) is 0 Å². The molecule has 86 valence electrons. The third kappa shape index (κ3) is 8.27. The second-order valence-corrected chi connectivity index (χ2v) is 4.22. The summed E-state index contributed by atoms with van der Waals surface area (Å²) in [6, 6.07) is 0. The van der Waals surface area contributed by atoms with Gasteiger partial charge >= 0.3 is 0 Å². The molecule has 0 heteroatoms. The van der Waals surface area contributed by atoms with Crippen LogP contribution in [0, 0.1) is 0 Å². The van der Waals surface area contributed by atoms with Gasteiger partial charge in [-0.2, -0.15) is 0 Å². The van der Waals surface area contributed by atoms with Gasteiger partial charge in [-0.1, -0.05) is 24.5 Å². The van der Waals surface area contributed by atoms with Crippen LogP contribution in [0.4, 0.5) is 0 Å². The van der Waals surface area contributed by atoms with E-state index in [2.05, 4.69) is 32.6 Å². The van der Waals surface area contributed by atoms with E-state index in [1.165, 1.54) is 38.5 Å². The molecule has 0 amide bonds. The summed E-state index contributed by atoms with van der Waals surface area (Å²) >= 11 is 0. The van der Waals surface area contributed by atoms with Gasteiger partial charge < -0.3 is 0 Å². The molecule has 0 aromatic heterocycles. The largest absolute Gasteiger partial charge is 0.130 e. The molecule has 0 nitrogen and oxygen atoms in total. The van der Waals surface area contributed by atoms with E-state index in [9.17, 15) is 0 Å². The van der Waals surface area contributed by atoms with E-state index in [0.717, 1.165) is 0 Å². The second-order valence-electron chi connectivity index (χ2n) is 4.22. The van der Waals surface area contributed by atoms with Crippen molar-refractivity contribution in [3.8, 4) is 0 Å². The molecule has 0 rings (SSSR count). The molecular formula is C15H26. The van der Waals surface area contributed by atoms with Crippen molar-refractivity contribution in [3.63, 3.8) is 0 Å². The highest BCUT2D eigenvalue weighted by molar-refractivity contribution is 5.09. The SMILES string of the molecule is CC=C=CCCCCC(C)=C(C)CCC. The lowest BCUT2D eigenvalue weighted by molar-refractivity contribution is 0.730. The average molecular weight is 206 g/mol. The van der Waals surface area contributed by atoms with Crippen LogP contribution in [0.3, 0.4) is 0 Å². The molecule has 0 bridgehead atoms. The molecule has 0 saturated carbocycles. The lowest BCUT2D eigenvalue weighted by atomic mass is 10.0. The van der Waals surface area contributed by atoms with Crippen molar-refractivity contribution in [2.75, 3.05) is 0 Å². The van der Waals surface area contributed by atoms with Crippen LogP contribution in [-0.4, -0.2) is 0 Å². The lowest BCUT2D eigenvalue weighted by Gasteiger charge is -2.06. The summed E-state index contributed by atoms with van der Waals surface area (Å²) in [5.41, 5.74) is 6.32. The summed E-state index contributed by atoms with van der Waals surface area (Å²) in [6.45, 7) is 8.82. The topological polar surface area (TPSA) is 0 Å². The molecule has 0 spiro atoms. The van der Waals surface area contributed by atoms with Gasteiger partial charge in [-0.3, -0.25) is 0 Å². The Bertz CT molecular complexity index is 237. The second kappa shape index (κ2) is 9.80. The van der Waals surface area contributed by atoms with E-state index < -0.39 is 0 Å². The number of allylic oxidation sites excluding steroid dienone is 3. The van der Waals surface area contributed by atoms with Crippen LogP contribution < -0.4 is 0 Å². The third-order valence-electron chi connectivity index (χ3n) is 2.79. The molecule has 0 saturated heterocycles. The Kier molecular flexibility index (Phi) is 9.32. The minimum Gasteiger partial charge on any atom is -0.130 e. The van der Waals surface area contributed by atoms with Crippen LogP contribution in [0.25, 0.3) is 0 Å². The predicted molar refractivity (Wildman–Crippen MR) is 70.1 cm³/mol. The van der Waals surface area contributed by atoms with Crippen molar-refractivity contribution in [2.24, 2.45) is 0 Å². The van der Waals surface area contributed by atoms with E-state index in [1.54, 1.807) is 11.1 Å². The monoisotopic (exact) mass is 206 g/mol. The van der Waals surface area contributed by atoms with Gasteiger partial charge in [-0.05, 0) is 65.0 Å². The van der Waals surface area contributed by atoms with Crippen molar-refractivity contribution >= 4 is 0 Å². The molecular weight excluding hydrogens is 180 g/mol. The standard InChI is InChI=1S/C15H26/c1-5-7-8-9-10-11-13-15(4)14(3)12-6-2/h5,8H,6,9-13H2,1-4H3. The highest BCUT2D eigenvalue weighted by Crippen LogP contribution is 2.16. The first-order chi connectivity index (χ1) is 7.22. The number of hydrogen-bond donors (Lipinski definition) is 0. The fourth-order valence-electron chi connectivity index (χ4n) is 1.64. The van der Waals surface area contributed by atoms with Gasteiger partial charge in [0, 0.05) is 0 Å². The zero-order chi connectivity index (χ0) is 11.5. The maximum atomic E-state index is 3.12. The van der Waals surface area contributed by atoms with E-state index in [-0.39, 0.29) is 0 Å². The average Bonchev–Trinajstić information content (AvgIpc) is 2.23. The van der Waals surface area contributed by atoms with Crippen LogP contribution >= 0.6 is 0 Å². The van der Waals surface area contributed by atoms with Crippen LogP contribution in [0.1, 0.15) is 66.2 Å². The van der Waals surface area contributed by atoms with Crippen LogP contribution in [-0.2, 0) is 0 Å². The van der Waals surface area contributed by atoms with Gasteiger partial charge in [0.15, 0.2) is 0 Å². The van der Waals surface area contributed by atoms with Gasteiger partial charge in [-0.25, -0.2) is 0 Å². The summed E-state index contributed by atoms with van der Waals surface area (Å²) in [5, 5.41) is 0. The zero-order valence-corrected chi connectivity index (χ0v) is 10.9. The Morgan fingerprint density at radius 1 is 1.07 bits per heavy atom. The van der Waals surface area contributed by atoms with Crippen LogP contribution in [0.2, 0.25) is 0 Å². The molecule has 0 atom stereocenters. The van der Waals surface area contributed by atoms with Crippen LogP contribution in [0.15, 0.2) is 29.0 Å². The Labute approximate surface area is 95.8 Å². The zero-order valence-electron chi connectivity index (χ0n) is 10.9. The minimum atomic E-state index is 1.17. The normalized spacial score (nSPS) is 11.7. The summed E-state index contributed by atoms with van der Waals surface area (Å²) in [7, 11) is 0. The molecule has 0 aromatic carbocycles. The fourth-order valence-corrected chi connectivity index (χ4v) is 1.64. The maximum absolute atomic E-state index is 3.12. The molecule has 0 N–H and O–H groups in total. The molecule has 0 fully saturated rings. The fraction of sp³-hybridized carbons (Fsp3) is 0.667. The van der Waals surface area contributed by atoms with Gasteiger partial charge in [-0.15, -0.1) is 5.73 Å². The summed E-state index contributed by atoms with van der Waals surface area (Å²) in [4.78, 5) is 0. The molecule has 0 heterocycles. The first kappa shape index (κ1) is 14.3. The smallest absolute Gasteiger partial charge is 0.0274 e. The van der Waals surface area contributed by atoms with Gasteiger partial charge in [0.2, 0.25) is 0 Å². The number of unbranched alkanes of at least 4 members (excludes halogenated alkanes) is 2. The van der Waals surface area contributed by atoms with E-state index in [1.807, 2.05) is 13.0 Å². The quantitative estimate of drug-likeness (QED) is 0.296. The molecule has 0 unspecified atom stereocenters. The molecule has 0 aliphatic heterocycles. The van der Waals surface area contributed by atoms with E-state index >= 15 is 0 Å². The number of rotatable bonds is 7. The molecule has 0 radical (unpaired) electrons. The Balaban J connectivity index is 3.67. The number of hydrogen-bond acceptors (Lipinski definition) is 0. The first-order valence-corrected chi connectivity index (χ1v) is 6.23. The molecule has 0 aromatic rings. The van der Waals surface area contributed by atoms with Crippen LogP contribution in [0.5, 0.6) is 0 Å². The maximum Gasteiger partial charge on any atom is -0.0274 e. The Morgan fingerprint density at radius 2 is 1.73 bits per heavy atom. The third-order valence-corrected chi connectivity index (χ3v) is 2.79. The highest BCUT2D eigenvalue weighted by atomic mass is 14.0. The van der Waals surface area contributed by atoms with Crippen molar-refractivity contribution < 1.29 is 0 Å². The van der Waals surface area contributed by atoms with Crippen molar-refractivity contribution in [1.82, 2.24) is 0 Å². The van der Waals surface area contributed by atoms with Crippen molar-refractivity contribution in [3.05, 3.63) is 29.0 Å². The van der Waals surface area contributed by atoms with Gasteiger partial charge in [0.05, 0.1) is 0 Å². The molecule has 15 heavy (non-hydrogen) atoms. The Morgan fingerprint density at radius 3 is 2.33 bits per heavy atom. The van der Waals surface area contributed by atoms with Crippen molar-refractivity contribution in [1.29, 1.82) is 0 Å². The molecule has 0 aliphatic rings. The summed E-state index contributed by atoms with van der Waals surface area (Å²) in [6.07, 6.45) is 11.7. The summed E-state index contributed by atoms with van der Waals surface area (Å²) < 4.78 is 0. The Hall–Kier alpha value is -0.740. The lowest BCUT2D eigenvalue weighted by Crippen LogP contribution is -1.85. The molecule has 0 aliphatic carbocycles. The van der Waals surface area contributed by atoms with E-state index in [0.29, 0.717) is 0 Å². The van der Waals surface area contributed by atoms with Crippen molar-refractivity contribution in [2.45, 2.75) is 66.2 Å². The highest BCUT2D eigenvalue weighted by Gasteiger charge is 1.96. The van der Waals surface area contributed by atoms with Gasteiger partial charge in [0.25, 0.3) is 0 Å². The first-order valence-electron chi connectivity index (χ1n) is 6.23. The van der Waals surface area contributed by atoms with E-state index in [4.69, 9.17) is 0 Å². The predicted octanol–water partition coefficient (Wildman–Crippen LogP) is 5.41. The minimum absolute atomic E-state index is 1.17.